The third kappa shape index (κ3) is 7.70. The summed E-state index contributed by atoms with van der Waals surface area (Å²) in [6, 6.07) is 8.15. The SMILES string of the molecule is CCCOc1c(C)cc(C)c(OC(=O)C(C)(C)C)c1C=C(OC)C(=O)c1ccc(OC(=O)C(C)(C)C)cc1. The van der Waals surface area contributed by atoms with Gasteiger partial charge in [-0.3, -0.25) is 14.4 Å². The molecule has 0 unspecified atom stereocenters. The highest BCUT2D eigenvalue weighted by Gasteiger charge is 2.28. The molecule has 7 nitrogen and oxygen atoms in total. The van der Waals surface area contributed by atoms with Gasteiger partial charge in [0.2, 0.25) is 5.78 Å². The second-order valence-corrected chi connectivity index (χ2v) is 11.3. The van der Waals surface area contributed by atoms with E-state index >= 15 is 0 Å². The average molecular weight is 525 g/mol. The van der Waals surface area contributed by atoms with Gasteiger partial charge < -0.3 is 18.9 Å². The number of hydrogen-bond acceptors (Lipinski definition) is 7. The summed E-state index contributed by atoms with van der Waals surface area (Å²) in [6.07, 6.45) is 2.32. The number of esters is 2. The molecule has 7 heteroatoms. The summed E-state index contributed by atoms with van der Waals surface area (Å²) in [5, 5.41) is 0. The molecular weight excluding hydrogens is 484 g/mol. The zero-order valence-corrected chi connectivity index (χ0v) is 24.2. The van der Waals surface area contributed by atoms with E-state index in [1.165, 1.54) is 7.11 Å². The first-order chi connectivity index (χ1) is 17.6. The lowest BCUT2D eigenvalue weighted by atomic mass is 9.96. The molecule has 206 valence electrons. The minimum atomic E-state index is -0.735. The molecule has 0 aliphatic carbocycles. The number of benzene rings is 2. The first-order valence-corrected chi connectivity index (χ1v) is 12.7. The maximum absolute atomic E-state index is 13.4. The quantitative estimate of drug-likeness (QED) is 0.116. The van der Waals surface area contributed by atoms with Gasteiger partial charge in [-0.25, -0.2) is 0 Å². The van der Waals surface area contributed by atoms with Gasteiger partial charge in [-0.2, -0.15) is 0 Å². The first-order valence-electron chi connectivity index (χ1n) is 12.7. The van der Waals surface area contributed by atoms with Gasteiger partial charge in [-0.1, -0.05) is 6.92 Å². The topological polar surface area (TPSA) is 88.1 Å². The molecule has 0 amide bonds. The summed E-state index contributed by atoms with van der Waals surface area (Å²) in [7, 11) is 1.40. The lowest BCUT2D eigenvalue weighted by molar-refractivity contribution is -0.143. The van der Waals surface area contributed by atoms with Gasteiger partial charge in [0.1, 0.15) is 17.2 Å². The van der Waals surface area contributed by atoms with Crippen LogP contribution in [0.15, 0.2) is 36.1 Å². The van der Waals surface area contributed by atoms with Gasteiger partial charge in [0, 0.05) is 5.56 Å². The fourth-order valence-electron chi connectivity index (χ4n) is 3.32. The van der Waals surface area contributed by atoms with Gasteiger partial charge in [-0.05, 0) is 109 Å². The van der Waals surface area contributed by atoms with Crippen molar-refractivity contribution in [3.05, 3.63) is 58.3 Å². The number of ether oxygens (including phenoxy) is 4. The van der Waals surface area contributed by atoms with Crippen LogP contribution in [0, 0.1) is 24.7 Å². The summed E-state index contributed by atoms with van der Waals surface area (Å²) in [5.41, 5.74) is 0.962. The van der Waals surface area contributed by atoms with Gasteiger partial charge in [0.25, 0.3) is 0 Å². The van der Waals surface area contributed by atoms with E-state index in [0.717, 1.165) is 17.5 Å². The Morgan fingerprint density at radius 1 is 0.816 bits per heavy atom. The molecule has 0 bridgehead atoms. The van der Waals surface area contributed by atoms with Crippen molar-refractivity contribution >= 4 is 23.8 Å². The number of methoxy groups -OCH3 is 1. The lowest BCUT2D eigenvalue weighted by Crippen LogP contribution is -2.26. The Bertz CT molecular complexity index is 1210. The highest BCUT2D eigenvalue weighted by atomic mass is 16.5. The Morgan fingerprint density at radius 3 is 1.84 bits per heavy atom. The fourth-order valence-corrected chi connectivity index (χ4v) is 3.32. The van der Waals surface area contributed by atoms with Crippen molar-refractivity contribution in [1.82, 2.24) is 0 Å². The van der Waals surface area contributed by atoms with E-state index in [1.54, 1.807) is 71.9 Å². The van der Waals surface area contributed by atoms with Gasteiger partial charge in [0.15, 0.2) is 5.76 Å². The van der Waals surface area contributed by atoms with Crippen LogP contribution >= 0.6 is 0 Å². The molecule has 0 atom stereocenters. The van der Waals surface area contributed by atoms with Crippen LogP contribution in [-0.2, 0) is 14.3 Å². The number of ketones is 1. The normalized spacial score (nSPS) is 12.1. The van der Waals surface area contributed by atoms with Crippen molar-refractivity contribution in [3.63, 3.8) is 0 Å². The summed E-state index contributed by atoms with van der Waals surface area (Å²) < 4.78 is 22.8. The van der Waals surface area contributed by atoms with Gasteiger partial charge in [-0.15, -0.1) is 0 Å². The lowest BCUT2D eigenvalue weighted by Gasteiger charge is -2.22. The highest BCUT2D eigenvalue weighted by molar-refractivity contribution is 6.10. The number of hydrogen-bond donors (Lipinski definition) is 0. The monoisotopic (exact) mass is 524 g/mol. The van der Waals surface area contributed by atoms with Crippen LogP contribution in [0.2, 0.25) is 0 Å². The van der Waals surface area contributed by atoms with Crippen molar-refractivity contribution in [2.45, 2.75) is 68.7 Å². The van der Waals surface area contributed by atoms with Crippen LogP contribution in [0.1, 0.15) is 81.9 Å². The molecule has 2 aromatic rings. The van der Waals surface area contributed by atoms with E-state index < -0.39 is 22.6 Å². The Kier molecular flexibility index (Phi) is 9.90. The van der Waals surface area contributed by atoms with Crippen molar-refractivity contribution in [1.29, 1.82) is 0 Å². The smallest absolute Gasteiger partial charge is 0.316 e. The molecule has 38 heavy (non-hydrogen) atoms. The summed E-state index contributed by atoms with van der Waals surface area (Å²) in [6.45, 7) is 16.8. The van der Waals surface area contributed by atoms with E-state index in [4.69, 9.17) is 18.9 Å². The highest BCUT2D eigenvalue weighted by Crippen LogP contribution is 2.39. The summed E-state index contributed by atoms with van der Waals surface area (Å²) in [4.78, 5) is 38.4. The Morgan fingerprint density at radius 2 is 1.34 bits per heavy atom. The summed E-state index contributed by atoms with van der Waals surface area (Å²) in [5.74, 6) is 0.0190. The second-order valence-electron chi connectivity index (χ2n) is 11.3. The van der Waals surface area contributed by atoms with Crippen LogP contribution in [-0.4, -0.2) is 31.4 Å². The number of allylic oxidation sites excluding steroid dienone is 1. The largest absolute Gasteiger partial charge is 0.493 e. The maximum Gasteiger partial charge on any atom is 0.316 e. The number of carbonyl (C=O) groups is 3. The zero-order chi connectivity index (χ0) is 28.8. The Balaban J connectivity index is 2.56. The Hall–Kier alpha value is -3.61. The molecule has 0 aliphatic heterocycles. The van der Waals surface area contributed by atoms with Crippen molar-refractivity contribution in [3.8, 4) is 17.2 Å². The molecule has 0 N–H and O–H groups in total. The molecular formula is C31H40O7. The molecule has 0 fully saturated rings. The van der Waals surface area contributed by atoms with Crippen LogP contribution in [0.4, 0.5) is 0 Å². The predicted molar refractivity (Wildman–Crippen MR) is 148 cm³/mol. The molecule has 0 heterocycles. The Labute approximate surface area is 226 Å². The molecule has 0 radical (unpaired) electrons. The third-order valence-electron chi connectivity index (χ3n) is 5.55. The van der Waals surface area contributed by atoms with E-state index in [9.17, 15) is 14.4 Å². The molecule has 0 spiro atoms. The van der Waals surface area contributed by atoms with E-state index in [0.29, 0.717) is 35.0 Å². The first kappa shape index (κ1) is 30.6. The molecule has 0 saturated carbocycles. The molecule has 2 aromatic carbocycles. The molecule has 0 aromatic heterocycles. The maximum atomic E-state index is 13.4. The number of aryl methyl sites for hydroxylation is 2. The average Bonchev–Trinajstić information content (AvgIpc) is 2.82. The standard InChI is InChI=1S/C31H40O7/c1-11-16-36-26-19(2)17-20(3)27(38-29(34)31(7,8)9)23(26)18-24(35-10)25(32)21-12-14-22(15-13-21)37-28(33)30(4,5)6/h12-15,17-18H,11,16H2,1-10H3. The van der Waals surface area contributed by atoms with Crippen LogP contribution in [0.5, 0.6) is 17.2 Å². The van der Waals surface area contributed by atoms with E-state index in [1.807, 2.05) is 26.8 Å². The van der Waals surface area contributed by atoms with Crippen molar-refractivity contribution < 1.29 is 33.3 Å². The van der Waals surface area contributed by atoms with Crippen LogP contribution in [0.3, 0.4) is 0 Å². The minimum Gasteiger partial charge on any atom is -0.493 e. The number of Topliss-reactive ketones (excluding diaryl/α,β-unsaturated/α-hetero) is 1. The number of carbonyl (C=O) groups excluding carboxylic acids is 3. The molecule has 2 rings (SSSR count). The zero-order valence-electron chi connectivity index (χ0n) is 24.2. The van der Waals surface area contributed by atoms with Gasteiger partial charge >= 0.3 is 11.9 Å². The fraction of sp³-hybridized carbons (Fsp3) is 0.452. The minimum absolute atomic E-state index is 0.0313. The van der Waals surface area contributed by atoms with Gasteiger partial charge in [0.05, 0.1) is 30.1 Å². The van der Waals surface area contributed by atoms with Crippen molar-refractivity contribution in [2.24, 2.45) is 10.8 Å². The number of rotatable bonds is 9. The van der Waals surface area contributed by atoms with Crippen LogP contribution in [0.25, 0.3) is 6.08 Å². The predicted octanol–water partition coefficient (Wildman–Crippen LogP) is 6.87. The molecule has 0 saturated heterocycles. The van der Waals surface area contributed by atoms with Crippen LogP contribution < -0.4 is 14.2 Å². The summed E-state index contributed by atoms with van der Waals surface area (Å²) >= 11 is 0. The van der Waals surface area contributed by atoms with Crippen molar-refractivity contribution in [2.75, 3.05) is 13.7 Å². The van der Waals surface area contributed by atoms with E-state index in [-0.39, 0.29) is 11.7 Å². The third-order valence-corrected chi connectivity index (χ3v) is 5.55. The van der Waals surface area contributed by atoms with E-state index in [2.05, 4.69) is 0 Å². The molecule has 0 aliphatic rings. The second kappa shape index (κ2) is 12.3.